The molecule has 0 radical (unpaired) electrons. The molecule has 2 atom stereocenters. The maximum atomic E-state index is 13.0. The van der Waals surface area contributed by atoms with Crippen LogP contribution in [0, 0.1) is 12.8 Å². The third-order valence-corrected chi connectivity index (χ3v) is 7.94. The van der Waals surface area contributed by atoms with Gasteiger partial charge in [0, 0.05) is 54.3 Å². The van der Waals surface area contributed by atoms with Crippen molar-refractivity contribution in [3.05, 3.63) is 45.9 Å². The fourth-order valence-corrected chi connectivity index (χ4v) is 6.13. The van der Waals surface area contributed by atoms with E-state index in [1.54, 1.807) is 23.1 Å². The van der Waals surface area contributed by atoms with Crippen LogP contribution in [0.1, 0.15) is 47.7 Å². The zero-order valence-corrected chi connectivity index (χ0v) is 20.4. The van der Waals surface area contributed by atoms with Crippen molar-refractivity contribution in [3.63, 3.8) is 0 Å². The van der Waals surface area contributed by atoms with Crippen LogP contribution in [0.25, 0.3) is 0 Å². The van der Waals surface area contributed by atoms with Crippen LogP contribution in [0.2, 0.25) is 0 Å². The maximum absolute atomic E-state index is 13.0. The van der Waals surface area contributed by atoms with E-state index in [4.69, 9.17) is 4.74 Å². The maximum Gasteiger partial charge on any atom is 0.253 e. The van der Waals surface area contributed by atoms with Crippen molar-refractivity contribution in [1.29, 1.82) is 0 Å². The lowest BCUT2D eigenvalue weighted by Gasteiger charge is -2.39. The van der Waals surface area contributed by atoms with E-state index in [0.717, 1.165) is 67.6 Å². The van der Waals surface area contributed by atoms with Crippen molar-refractivity contribution < 1.29 is 9.53 Å². The molecule has 1 aromatic carbocycles. The molecular formula is C24H33N3O2S2. The fourth-order valence-electron chi connectivity index (χ4n) is 4.63. The number of morpholine rings is 1. The lowest BCUT2D eigenvalue weighted by atomic mass is 9.95. The molecule has 0 spiro atoms. The van der Waals surface area contributed by atoms with Crippen LogP contribution >= 0.6 is 23.1 Å². The van der Waals surface area contributed by atoms with Gasteiger partial charge in [-0.05, 0) is 63.8 Å². The van der Waals surface area contributed by atoms with Gasteiger partial charge in [-0.25, -0.2) is 4.98 Å². The van der Waals surface area contributed by atoms with Crippen molar-refractivity contribution in [2.24, 2.45) is 5.92 Å². The highest BCUT2D eigenvalue weighted by Gasteiger charge is 2.28. The Labute approximate surface area is 194 Å². The number of nitrogens with zero attached hydrogens (tertiary/aromatic N) is 3. The molecule has 0 aliphatic carbocycles. The summed E-state index contributed by atoms with van der Waals surface area (Å²) in [7, 11) is 0. The number of hydrogen-bond donors (Lipinski definition) is 0. The van der Waals surface area contributed by atoms with Gasteiger partial charge in [0.15, 0.2) is 0 Å². The van der Waals surface area contributed by atoms with Gasteiger partial charge >= 0.3 is 0 Å². The molecule has 2 aliphatic rings. The van der Waals surface area contributed by atoms with Crippen LogP contribution in [0.3, 0.4) is 0 Å². The van der Waals surface area contributed by atoms with Crippen molar-refractivity contribution in [1.82, 2.24) is 14.8 Å². The summed E-state index contributed by atoms with van der Waals surface area (Å²) in [5.74, 6) is 1.71. The molecule has 31 heavy (non-hydrogen) atoms. The Bertz CT molecular complexity index is 852. The molecule has 1 aromatic heterocycles. The Balaban J connectivity index is 1.23. The van der Waals surface area contributed by atoms with E-state index in [9.17, 15) is 4.79 Å². The second-order valence-electron chi connectivity index (χ2n) is 8.88. The molecule has 2 aromatic rings. The van der Waals surface area contributed by atoms with E-state index in [0.29, 0.717) is 18.1 Å². The molecule has 2 aliphatic heterocycles. The predicted molar refractivity (Wildman–Crippen MR) is 128 cm³/mol. The summed E-state index contributed by atoms with van der Waals surface area (Å²) in [6.45, 7) is 11.3. The zero-order chi connectivity index (χ0) is 21.8. The van der Waals surface area contributed by atoms with Crippen molar-refractivity contribution in [3.8, 4) is 0 Å². The highest BCUT2D eigenvalue weighted by Crippen LogP contribution is 2.25. The minimum Gasteiger partial charge on any atom is -0.373 e. The zero-order valence-electron chi connectivity index (χ0n) is 18.8. The van der Waals surface area contributed by atoms with Gasteiger partial charge in [-0.1, -0.05) is 0 Å². The van der Waals surface area contributed by atoms with E-state index in [1.165, 1.54) is 4.90 Å². The van der Waals surface area contributed by atoms with Crippen LogP contribution in [-0.4, -0.2) is 65.6 Å². The van der Waals surface area contributed by atoms with Crippen molar-refractivity contribution in [2.45, 2.75) is 56.5 Å². The molecule has 5 nitrogen and oxygen atoms in total. The monoisotopic (exact) mass is 459 g/mol. The highest BCUT2D eigenvalue weighted by atomic mass is 32.2. The van der Waals surface area contributed by atoms with Gasteiger partial charge in [0.2, 0.25) is 0 Å². The number of hydrogen-bond acceptors (Lipinski definition) is 6. The first-order chi connectivity index (χ1) is 15.0. The first kappa shape index (κ1) is 22.8. The Morgan fingerprint density at radius 1 is 1.16 bits per heavy atom. The molecule has 7 heteroatoms. The highest BCUT2D eigenvalue weighted by molar-refractivity contribution is 7.98. The normalized spacial score (nSPS) is 23.3. The largest absolute Gasteiger partial charge is 0.373 e. The smallest absolute Gasteiger partial charge is 0.253 e. The first-order valence-electron chi connectivity index (χ1n) is 11.3. The summed E-state index contributed by atoms with van der Waals surface area (Å²) >= 11 is 3.45. The molecule has 4 rings (SSSR count). The van der Waals surface area contributed by atoms with Crippen LogP contribution in [0.4, 0.5) is 0 Å². The van der Waals surface area contributed by atoms with Crippen LogP contribution in [0.15, 0.2) is 34.5 Å². The first-order valence-corrected chi connectivity index (χ1v) is 13.1. The van der Waals surface area contributed by atoms with E-state index < -0.39 is 0 Å². The van der Waals surface area contributed by atoms with Gasteiger partial charge in [-0.2, -0.15) is 0 Å². The second-order valence-corrected chi connectivity index (χ2v) is 11.0. The van der Waals surface area contributed by atoms with Gasteiger partial charge in [-0.3, -0.25) is 9.69 Å². The summed E-state index contributed by atoms with van der Waals surface area (Å²) in [5.41, 5.74) is 1.92. The van der Waals surface area contributed by atoms with Gasteiger partial charge in [0.1, 0.15) is 0 Å². The van der Waals surface area contributed by atoms with Crippen LogP contribution in [0.5, 0.6) is 0 Å². The SMILES string of the molecule is Cc1nc(CSc2ccc(C(=O)N3CCC(CN4CC(C)OC(C)C4)CC3)cc2)cs1. The van der Waals surface area contributed by atoms with Crippen LogP contribution in [-0.2, 0) is 10.5 Å². The summed E-state index contributed by atoms with van der Waals surface area (Å²) in [6.07, 6.45) is 2.81. The molecule has 2 saturated heterocycles. The average molecular weight is 460 g/mol. The van der Waals surface area contributed by atoms with Crippen molar-refractivity contribution in [2.75, 3.05) is 32.7 Å². The lowest BCUT2D eigenvalue weighted by molar-refractivity contribution is -0.0728. The Morgan fingerprint density at radius 3 is 2.45 bits per heavy atom. The number of likely N-dealkylation sites (tertiary alicyclic amines) is 1. The lowest BCUT2D eigenvalue weighted by Crippen LogP contribution is -2.48. The number of rotatable bonds is 6. The molecule has 0 saturated carbocycles. The number of piperidine rings is 1. The summed E-state index contributed by atoms with van der Waals surface area (Å²) < 4.78 is 5.85. The van der Waals surface area contributed by atoms with E-state index >= 15 is 0 Å². The fraction of sp³-hybridized carbons (Fsp3) is 0.583. The minimum atomic E-state index is 0.166. The molecule has 0 N–H and O–H groups in total. The van der Waals surface area contributed by atoms with Crippen LogP contribution < -0.4 is 0 Å². The van der Waals surface area contributed by atoms with E-state index in [-0.39, 0.29) is 5.91 Å². The molecule has 1 amide bonds. The van der Waals surface area contributed by atoms with Gasteiger partial charge in [0.05, 0.1) is 22.9 Å². The van der Waals surface area contributed by atoms with E-state index in [2.05, 4.69) is 41.2 Å². The molecule has 3 heterocycles. The Hall–Kier alpha value is -1.41. The molecule has 0 bridgehead atoms. The second kappa shape index (κ2) is 10.5. The van der Waals surface area contributed by atoms with E-state index in [1.807, 2.05) is 24.0 Å². The quantitative estimate of drug-likeness (QED) is 0.586. The summed E-state index contributed by atoms with van der Waals surface area (Å²) in [4.78, 5) is 23.2. The number of aromatic nitrogens is 1. The Kier molecular flexibility index (Phi) is 7.69. The van der Waals surface area contributed by atoms with Gasteiger partial charge in [0.25, 0.3) is 5.91 Å². The molecular weight excluding hydrogens is 426 g/mol. The number of ether oxygens (including phenoxy) is 1. The predicted octanol–water partition coefficient (Wildman–Crippen LogP) is 4.71. The van der Waals surface area contributed by atoms with Gasteiger partial charge < -0.3 is 9.64 Å². The molecule has 2 fully saturated rings. The molecule has 168 valence electrons. The number of carbonyl (C=O) groups excluding carboxylic acids is 1. The molecule has 2 unspecified atom stereocenters. The summed E-state index contributed by atoms with van der Waals surface area (Å²) in [6, 6.07) is 8.06. The van der Waals surface area contributed by atoms with Gasteiger partial charge in [-0.15, -0.1) is 23.1 Å². The number of thioether (sulfide) groups is 1. The standard InChI is InChI=1S/C24H33N3O2S2/c1-17-12-26(13-18(2)29-17)14-20-8-10-27(11-9-20)24(28)21-4-6-23(7-5-21)31-16-22-15-30-19(3)25-22/h4-7,15,17-18,20H,8-14,16H2,1-3H3. The third-order valence-electron chi connectivity index (χ3n) is 6.07. The number of thiazole rings is 1. The minimum absolute atomic E-state index is 0.166. The summed E-state index contributed by atoms with van der Waals surface area (Å²) in [5, 5.41) is 3.22. The number of amides is 1. The average Bonchev–Trinajstić information content (AvgIpc) is 3.17. The van der Waals surface area contributed by atoms with Crippen molar-refractivity contribution >= 4 is 29.0 Å². The number of carbonyl (C=O) groups is 1. The number of aryl methyl sites for hydroxylation is 1. The topological polar surface area (TPSA) is 45.7 Å². The Morgan fingerprint density at radius 2 is 1.84 bits per heavy atom. The third kappa shape index (κ3) is 6.31. The number of benzene rings is 1.